The molecule has 0 aromatic rings. The molecule has 8 heavy (non-hydrogen) atoms. The van der Waals surface area contributed by atoms with Crippen molar-refractivity contribution in [2.24, 2.45) is 0 Å². The molecular weight excluding hydrogens is 120 g/mol. The molecule has 0 N–H and O–H groups in total. The fourth-order valence-electron chi connectivity index (χ4n) is 0.244. The Labute approximate surface area is 51.7 Å². The van der Waals surface area contributed by atoms with Crippen LogP contribution in [0.5, 0.6) is 0 Å². The molecule has 0 aromatic heterocycles. The van der Waals surface area contributed by atoms with Gasteiger partial charge in [0.15, 0.2) is 0 Å². The summed E-state index contributed by atoms with van der Waals surface area (Å²) in [5.74, 6) is 0. The minimum Gasteiger partial charge on any atom is -0.0120 e. The summed E-state index contributed by atoms with van der Waals surface area (Å²) in [7, 11) is -0.0201. The molecular formula is C5H8N2S+2. The first-order chi connectivity index (χ1) is 3.72. The fraction of sp³-hybridized carbons (Fsp3) is 0.400. The summed E-state index contributed by atoms with van der Waals surface area (Å²) < 4.78 is 0. The Bertz CT molecular complexity index is 171. The summed E-state index contributed by atoms with van der Waals surface area (Å²) in [6.07, 6.45) is 3.89. The van der Waals surface area contributed by atoms with Gasteiger partial charge in [0, 0.05) is 0 Å². The van der Waals surface area contributed by atoms with Crippen LogP contribution in [-0.4, -0.2) is 17.6 Å². The third-order valence-corrected chi connectivity index (χ3v) is 1.53. The normalized spacial score (nSPS) is 7.62. The lowest BCUT2D eigenvalue weighted by molar-refractivity contribution is 2.28. The molecule has 0 aliphatic carbocycles. The quantitative estimate of drug-likeness (QED) is 0.437. The first-order valence-corrected chi connectivity index (χ1v) is 4.03. The van der Waals surface area contributed by atoms with Gasteiger partial charge in [-0.05, 0) is 23.0 Å². The lowest BCUT2D eigenvalue weighted by Gasteiger charge is -1.67. The van der Waals surface area contributed by atoms with Gasteiger partial charge >= 0.3 is 5.11 Å². The summed E-state index contributed by atoms with van der Waals surface area (Å²) in [6.45, 7) is 9.81. The molecule has 0 heterocycles. The van der Waals surface area contributed by atoms with E-state index in [1.807, 2.05) is 12.5 Å². The molecule has 0 saturated heterocycles. The number of hydrogen-bond donors (Lipinski definition) is 0. The largest absolute Gasteiger partial charge is 0.716 e. The maximum absolute atomic E-state index is 4.91. The van der Waals surface area contributed by atoms with Crippen LogP contribution >= 0.6 is 10.5 Å². The van der Waals surface area contributed by atoms with Crippen molar-refractivity contribution in [1.82, 2.24) is 0 Å². The van der Waals surface area contributed by atoms with E-state index in [4.69, 9.17) is 13.1 Å². The molecule has 0 atom stereocenters. The SMILES string of the molecule is C#[N+]C([N+]#C)=S(C)C. The van der Waals surface area contributed by atoms with Crippen molar-refractivity contribution in [1.29, 1.82) is 0 Å². The van der Waals surface area contributed by atoms with Gasteiger partial charge in [0.2, 0.25) is 0 Å². The Morgan fingerprint density at radius 1 is 1.25 bits per heavy atom. The van der Waals surface area contributed by atoms with E-state index in [1.165, 1.54) is 0 Å². The van der Waals surface area contributed by atoms with Crippen molar-refractivity contribution < 1.29 is 0 Å². The molecule has 0 aliphatic rings. The van der Waals surface area contributed by atoms with Gasteiger partial charge in [-0.3, -0.25) is 0 Å². The van der Waals surface area contributed by atoms with Crippen LogP contribution in [0.25, 0.3) is 9.69 Å². The van der Waals surface area contributed by atoms with Crippen molar-refractivity contribution in [2.45, 2.75) is 0 Å². The average molecular weight is 128 g/mol. The molecule has 0 spiro atoms. The zero-order valence-corrected chi connectivity index (χ0v) is 5.77. The molecule has 0 bridgehead atoms. The van der Waals surface area contributed by atoms with Gasteiger partial charge in [-0.15, -0.1) is 0 Å². The minimum absolute atomic E-state index is 0.0201. The van der Waals surface area contributed by atoms with Crippen LogP contribution in [0.2, 0.25) is 0 Å². The van der Waals surface area contributed by atoms with Crippen molar-refractivity contribution in [2.75, 3.05) is 12.5 Å². The Hall–Kier alpha value is -0.800. The first kappa shape index (κ1) is 7.20. The van der Waals surface area contributed by atoms with Crippen LogP contribution in [-0.2, 0) is 0 Å². The van der Waals surface area contributed by atoms with E-state index in [0.29, 0.717) is 5.11 Å². The summed E-state index contributed by atoms with van der Waals surface area (Å²) in [5, 5.41) is 0.519. The summed E-state index contributed by atoms with van der Waals surface area (Å²) in [6, 6.07) is 0. The van der Waals surface area contributed by atoms with Gasteiger partial charge < -0.3 is 0 Å². The van der Waals surface area contributed by atoms with Crippen molar-refractivity contribution in [3.63, 3.8) is 0 Å². The van der Waals surface area contributed by atoms with E-state index < -0.39 is 0 Å². The maximum Gasteiger partial charge on any atom is 0.716 e. The Kier molecular flexibility index (Phi) is 2.91. The van der Waals surface area contributed by atoms with Gasteiger partial charge in [0.05, 0.1) is 9.69 Å². The number of hydrogen-bond acceptors (Lipinski definition) is 0. The van der Waals surface area contributed by atoms with E-state index >= 15 is 0 Å². The van der Waals surface area contributed by atoms with E-state index in [1.54, 1.807) is 0 Å². The fourth-order valence-corrected chi connectivity index (χ4v) is 0.666. The molecule has 0 radical (unpaired) electrons. The Balaban J connectivity index is 4.47. The molecule has 0 rings (SSSR count). The average Bonchev–Trinajstić information content (AvgIpc) is 1.69. The van der Waals surface area contributed by atoms with Crippen molar-refractivity contribution in [3.8, 4) is 13.1 Å². The zero-order chi connectivity index (χ0) is 6.57. The molecule has 42 valence electrons. The van der Waals surface area contributed by atoms with Crippen LogP contribution in [0.15, 0.2) is 0 Å². The van der Waals surface area contributed by atoms with Gasteiger partial charge in [-0.25, -0.2) is 0 Å². The van der Waals surface area contributed by atoms with Crippen LogP contribution in [0, 0.1) is 13.1 Å². The zero-order valence-electron chi connectivity index (χ0n) is 4.96. The van der Waals surface area contributed by atoms with Gasteiger partial charge in [-0.2, -0.15) is 0 Å². The van der Waals surface area contributed by atoms with Crippen LogP contribution in [0.1, 0.15) is 0 Å². The first-order valence-electron chi connectivity index (χ1n) is 1.98. The lowest BCUT2D eigenvalue weighted by Crippen LogP contribution is -1.78. The third kappa shape index (κ3) is 1.77. The minimum atomic E-state index is -0.0201. The van der Waals surface area contributed by atoms with Crippen LogP contribution < -0.4 is 0 Å². The summed E-state index contributed by atoms with van der Waals surface area (Å²) >= 11 is 0. The molecule has 0 aromatic carbocycles. The number of rotatable bonds is 0. The van der Waals surface area contributed by atoms with E-state index in [9.17, 15) is 0 Å². The highest BCUT2D eigenvalue weighted by atomic mass is 32.2. The molecule has 0 saturated carbocycles. The highest BCUT2D eigenvalue weighted by molar-refractivity contribution is 8.15. The molecule has 0 aliphatic heterocycles. The number of nitrogens with zero attached hydrogens (tertiary/aromatic N) is 2. The second kappa shape index (κ2) is 3.23. The van der Waals surface area contributed by atoms with Gasteiger partial charge in [0.1, 0.15) is 0 Å². The maximum atomic E-state index is 4.91. The topological polar surface area (TPSA) is 8.72 Å². The van der Waals surface area contributed by atoms with E-state index in [0.717, 1.165) is 0 Å². The van der Waals surface area contributed by atoms with Gasteiger partial charge in [0.25, 0.3) is 13.1 Å². The Morgan fingerprint density at radius 2 is 1.62 bits per heavy atom. The smallest absolute Gasteiger partial charge is 0.0120 e. The van der Waals surface area contributed by atoms with E-state index in [2.05, 4.69) is 9.69 Å². The van der Waals surface area contributed by atoms with Gasteiger partial charge in [-0.1, -0.05) is 0 Å². The van der Waals surface area contributed by atoms with E-state index in [-0.39, 0.29) is 10.5 Å². The van der Waals surface area contributed by atoms with Crippen LogP contribution in [0.4, 0.5) is 0 Å². The summed E-state index contributed by atoms with van der Waals surface area (Å²) in [4.78, 5) is 6.69. The highest BCUT2D eigenvalue weighted by Crippen LogP contribution is 2.03. The molecule has 0 unspecified atom stereocenters. The predicted octanol–water partition coefficient (Wildman–Crippen LogP) is 1.53. The van der Waals surface area contributed by atoms with Crippen molar-refractivity contribution >= 4 is 15.6 Å². The lowest BCUT2D eigenvalue weighted by atomic mass is 11.2. The third-order valence-electron chi connectivity index (χ3n) is 0.586. The highest BCUT2D eigenvalue weighted by Gasteiger charge is 2.16. The molecule has 3 heteroatoms. The summed E-state index contributed by atoms with van der Waals surface area (Å²) in [5.41, 5.74) is 0. The second-order valence-corrected chi connectivity index (χ2v) is 3.36. The predicted molar refractivity (Wildman–Crippen MR) is 41.1 cm³/mol. The molecule has 2 nitrogen and oxygen atoms in total. The molecule has 0 amide bonds. The molecule has 0 fully saturated rings. The standard InChI is InChI=1S/C5H8N2S/c1-6-5(7-2)8(3)4/h1-2H,3-4H3/q+2. The second-order valence-electron chi connectivity index (χ2n) is 1.36. The Morgan fingerprint density at radius 3 is 1.62 bits per heavy atom. The monoisotopic (exact) mass is 128 g/mol. The van der Waals surface area contributed by atoms with Crippen molar-refractivity contribution in [3.05, 3.63) is 9.69 Å². The van der Waals surface area contributed by atoms with Crippen LogP contribution in [0.3, 0.4) is 0 Å².